The predicted molar refractivity (Wildman–Crippen MR) is 116 cm³/mol. The van der Waals surface area contributed by atoms with Gasteiger partial charge in [0.25, 0.3) is 0 Å². The highest BCUT2D eigenvalue weighted by molar-refractivity contribution is 7.10. The van der Waals surface area contributed by atoms with E-state index in [-0.39, 0.29) is 12.3 Å². The second-order valence-corrected chi connectivity index (χ2v) is 9.19. The van der Waals surface area contributed by atoms with Crippen LogP contribution >= 0.6 is 22.7 Å². The summed E-state index contributed by atoms with van der Waals surface area (Å²) in [5.74, 6) is 0.200. The lowest BCUT2D eigenvalue weighted by Gasteiger charge is -2.17. The molecule has 3 aromatic heterocycles. The molecule has 4 heterocycles. The Morgan fingerprint density at radius 2 is 2.14 bits per heavy atom. The van der Waals surface area contributed by atoms with E-state index in [9.17, 15) is 9.90 Å². The number of carbonyl (C=O) groups is 1. The van der Waals surface area contributed by atoms with Crippen molar-refractivity contribution in [2.75, 3.05) is 11.9 Å². The Hall–Kier alpha value is -2.32. The molecule has 1 aliphatic heterocycles. The van der Waals surface area contributed by atoms with Gasteiger partial charge in [-0.15, -0.1) is 22.7 Å². The first-order valence-electron chi connectivity index (χ1n) is 9.93. The van der Waals surface area contributed by atoms with E-state index >= 15 is 0 Å². The first-order chi connectivity index (χ1) is 14.2. The predicted octanol–water partition coefficient (Wildman–Crippen LogP) is 4.33. The highest BCUT2D eigenvalue weighted by Crippen LogP contribution is 2.28. The van der Waals surface area contributed by atoms with Gasteiger partial charge in [-0.1, -0.05) is 6.07 Å². The average Bonchev–Trinajstić information content (AvgIpc) is 3.39. The van der Waals surface area contributed by atoms with Crippen molar-refractivity contribution in [2.45, 2.75) is 50.9 Å². The number of aliphatic carboxylic acids is 1. The van der Waals surface area contributed by atoms with Crippen molar-refractivity contribution in [3.8, 4) is 0 Å². The number of thiazole rings is 2. The van der Waals surface area contributed by atoms with Gasteiger partial charge in [-0.2, -0.15) is 0 Å². The number of hydrogen-bond donors (Lipinski definition) is 2. The molecule has 0 bridgehead atoms. The summed E-state index contributed by atoms with van der Waals surface area (Å²) in [7, 11) is 0. The highest BCUT2D eigenvalue weighted by atomic mass is 32.1. The lowest BCUT2D eigenvalue weighted by atomic mass is 9.98. The molecule has 3 aromatic rings. The Morgan fingerprint density at radius 3 is 2.97 bits per heavy atom. The van der Waals surface area contributed by atoms with Crippen LogP contribution in [-0.2, 0) is 30.5 Å². The van der Waals surface area contributed by atoms with Crippen LogP contribution in [0.5, 0.6) is 0 Å². The van der Waals surface area contributed by atoms with Crippen molar-refractivity contribution in [2.24, 2.45) is 0 Å². The van der Waals surface area contributed by atoms with Crippen LogP contribution in [0.2, 0.25) is 0 Å². The van der Waals surface area contributed by atoms with E-state index in [4.69, 9.17) is 9.97 Å². The number of rotatable bonds is 9. The highest BCUT2D eigenvalue weighted by Gasteiger charge is 2.19. The number of nitrogens with one attached hydrogen (secondary N) is 1. The molecular weight excluding hydrogens is 404 g/mol. The van der Waals surface area contributed by atoms with Gasteiger partial charge in [-0.25, -0.2) is 9.97 Å². The van der Waals surface area contributed by atoms with Crippen molar-refractivity contribution in [3.05, 3.63) is 56.1 Å². The number of fused-ring (bicyclic) bond motifs is 1. The van der Waals surface area contributed by atoms with E-state index in [0.717, 1.165) is 59.3 Å². The first-order valence-corrected chi connectivity index (χ1v) is 11.7. The van der Waals surface area contributed by atoms with Gasteiger partial charge in [-0.05, 0) is 50.2 Å². The van der Waals surface area contributed by atoms with Crippen LogP contribution in [0, 0.1) is 0 Å². The summed E-state index contributed by atoms with van der Waals surface area (Å²) in [5.41, 5.74) is 5.17. The molecule has 6 nitrogen and oxygen atoms in total. The van der Waals surface area contributed by atoms with E-state index in [1.165, 1.54) is 23.3 Å². The third kappa shape index (κ3) is 5.39. The van der Waals surface area contributed by atoms with Crippen LogP contribution in [0.3, 0.4) is 0 Å². The molecule has 2 N–H and O–H groups in total. The molecule has 0 aliphatic carbocycles. The molecule has 0 saturated heterocycles. The van der Waals surface area contributed by atoms with Crippen LogP contribution in [0.1, 0.15) is 52.0 Å². The van der Waals surface area contributed by atoms with Gasteiger partial charge in [0.2, 0.25) is 0 Å². The molecule has 0 saturated carbocycles. The molecule has 152 valence electrons. The van der Waals surface area contributed by atoms with Gasteiger partial charge in [-0.3, -0.25) is 9.78 Å². The molecule has 0 amide bonds. The Balaban J connectivity index is 1.31. The second-order valence-electron chi connectivity index (χ2n) is 7.33. The number of anilines is 1. The fourth-order valence-electron chi connectivity index (χ4n) is 3.65. The Labute approximate surface area is 178 Å². The maximum atomic E-state index is 11.2. The molecule has 29 heavy (non-hydrogen) atoms. The second kappa shape index (κ2) is 9.45. The third-order valence-corrected chi connectivity index (χ3v) is 7.00. The fourth-order valence-corrected chi connectivity index (χ4v) is 5.23. The summed E-state index contributed by atoms with van der Waals surface area (Å²) < 4.78 is 0. The topological polar surface area (TPSA) is 88.0 Å². The summed E-state index contributed by atoms with van der Waals surface area (Å²) in [6.45, 7) is 1.01. The van der Waals surface area contributed by atoms with Gasteiger partial charge in [0, 0.05) is 34.6 Å². The molecule has 8 heteroatoms. The Morgan fingerprint density at radius 1 is 1.21 bits per heavy atom. The van der Waals surface area contributed by atoms with E-state index < -0.39 is 5.97 Å². The standard InChI is InChI=1S/C21H24N4O2S2/c26-20(27)10-15(18-11-22-13-29-18)9-17-12-28-19(24-17)5-1-4-16-7-6-14-3-2-8-23-21(14)25-16/h6-7,11-13,15H,1-5,8-10H2,(H,23,25)(H,26,27). The van der Waals surface area contributed by atoms with E-state index in [0.29, 0.717) is 6.42 Å². The van der Waals surface area contributed by atoms with Crippen molar-refractivity contribution in [1.29, 1.82) is 0 Å². The summed E-state index contributed by atoms with van der Waals surface area (Å²) in [6.07, 6.45) is 7.67. The van der Waals surface area contributed by atoms with Gasteiger partial charge in [0.05, 0.1) is 22.6 Å². The lowest BCUT2D eigenvalue weighted by Crippen LogP contribution is -2.14. The van der Waals surface area contributed by atoms with E-state index in [1.807, 2.05) is 0 Å². The van der Waals surface area contributed by atoms with Crippen LogP contribution in [0.15, 0.2) is 29.2 Å². The number of aryl methyl sites for hydroxylation is 3. The van der Waals surface area contributed by atoms with E-state index in [1.54, 1.807) is 23.0 Å². The summed E-state index contributed by atoms with van der Waals surface area (Å²) in [4.78, 5) is 25.8. The zero-order valence-electron chi connectivity index (χ0n) is 16.1. The Bertz CT molecular complexity index is 956. The molecule has 0 fully saturated rings. The van der Waals surface area contributed by atoms with E-state index in [2.05, 4.69) is 27.8 Å². The monoisotopic (exact) mass is 428 g/mol. The van der Waals surface area contributed by atoms with Gasteiger partial charge in [0.1, 0.15) is 5.82 Å². The summed E-state index contributed by atoms with van der Waals surface area (Å²) >= 11 is 3.17. The molecule has 1 atom stereocenters. The lowest BCUT2D eigenvalue weighted by molar-refractivity contribution is -0.137. The minimum absolute atomic E-state index is 0.0675. The smallest absolute Gasteiger partial charge is 0.304 e. The van der Waals surface area contributed by atoms with Crippen molar-refractivity contribution < 1.29 is 9.90 Å². The molecule has 0 aromatic carbocycles. The quantitative estimate of drug-likeness (QED) is 0.527. The average molecular weight is 429 g/mol. The van der Waals surface area contributed by atoms with Crippen LogP contribution < -0.4 is 5.32 Å². The maximum absolute atomic E-state index is 11.2. The molecule has 1 aliphatic rings. The largest absolute Gasteiger partial charge is 0.481 e. The van der Waals surface area contributed by atoms with Crippen molar-refractivity contribution >= 4 is 34.5 Å². The third-order valence-electron chi connectivity index (χ3n) is 5.11. The number of carboxylic acid groups (broad SMARTS) is 1. The molecule has 0 radical (unpaired) electrons. The number of pyridine rings is 1. The van der Waals surface area contributed by atoms with Crippen LogP contribution in [0.25, 0.3) is 0 Å². The zero-order chi connectivity index (χ0) is 20.1. The maximum Gasteiger partial charge on any atom is 0.304 e. The van der Waals surface area contributed by atoms with Crippen LogP contribution in [0.4, 0.5) is 5.82 Å². The SMILES string of the molecule is O=C(O)CC(Cc1csc(CCCc2ccc3c(n2)NCCC3)n1)c1cncs1. The molecule has 4 rings (SSSR count). The van der Waals surface area contributed by atoms with Gasteiger partial charge >= 0.3 is 5.97 Å². The number of nitrogens with zero attached hydrogens (tertiary/aromatic N) is 3. The number of aromatic nitrogens is 3. The van der Waals surface area contributed by atoms with Gasteiger partial charge in [0.15, 0.2) is 0 Å². The molecular formula is C21H24N4O2S2. The normalized spacial score (nSPS) is 14.2. The Kier molecular flexibility index (Phi) is 6.51. The zero-order valence-corrected chi connectivity index (χ0v) is 17.8. The van der Waals surface area contributed by atoms with Gasteiger partial charge < -0.3 is 10.4 Å². The summed E-state index contributed by atoms with van der Waals surface area (Å²) in [5, 5.41) is 15.8. The minimum atomic E-state index is -0.786. The summed E-state index contributed by atoms with van der Waals surface area (Å²) in [6, 6.07) is 4.35. The number of hydrogen-bond acceptors (Lipinski definition) is 7. The minimum Gasteiger partial charge on any atom is -0.481 e. The first kappa shape index (κ1) is 20.0. The van der Waals surface area contributed by atoms with Crippen molar-refractivity contribution in [3.63, 3.8) is 0 Å². The van der Waals surface area contributed by atoms with Crippen molar-refractivity contribution in [1.82, 2.24) is 15.0 Å². The molecule has 1 unspecified atom stereocenters. The van der Waals surface area contributed by atoms with Crippen LogP contribution in [-0.4, -0.2) is 32.6 Å². The molecule has 0 spiro atoms. The number of carboxylic acids is 1. The fraction of sp³-hybridized carbons (Fsp3) is 0.429.